The fourth-order valence-electron chi connectivity index (χ4n) is 1.39. The molecule has 96 valence electrons. The molecule has 6 heteroatoms. The summed E-state index contributed by atoms with van der Waals surface area (Å²) in [6.07, 6.45) is 0. The van der Waals surface area contributed by atoms with E-state index >= 15 is 0 Å². The Kier molecular flexibility index (Phi) is 6.11. The Labute approximate surface area is 113 Å². The second-order valence-corrected chi connectivity index (χ2v) is 6.12. The molecule has 0 spiro atoms. The number of halogens is 1. The minimum atomic E-state index is -0.358. The van der Waals surface area contributed by atoms with E-state index in [9.17, 15) is 4.79 Å². The standard InChI is InChI=1S/C11H16BrNO3S/c1-3-16-11(14)6-15-5-9(13)8-4-10(12)17-7(8)2/h4,9H,3,5-6,13H2,1-2H3. The number of aryl methyl sites for hydroxylation is 1. The number of ether oxygens (including phenoxy) is 2. The summed E-state index contributed by atoms with van der Waals surface area (Å²) in [5, 5.41) is 0. The Morgan fingerprint density at radius 3 is 2.88 bits per heavy atom. The Morgan fingerprint density at radius 1 is 1.65 bits per heavy atom. The predicted molar refractivity (Wildman–Crippen MR) is 71.1 cm³/mol. The summed E-state index contributed by atoms with van der Waals surface area (Å²) < 4.78 is 11.0. The molecule has 0 fully saturated rings. The summed E-state index contributed by atoms with van der Waals surface area (Å²) >= 11 is 5.05. The van der Waals surface area contributed by atoms with Crippen molar-refractivity contribution in [3.8, 4) is 0 Å². The Bertz CT molecular complexity index is 381. The lowest BCUT2D eigenvalue weighted by atomic mass is 10.1. The quantitative estimate of drug-likeness (QED) is 0.817. The Morgan fingerprint density at radius 2 is 2.35 bits per heavy atom. The highest BCUT2D eigenvalue weighted by atomic mass is 79.9. The molecule has 0 aliphatic rings. The Hall–Kier alpha value is -0.430. The molecule has 1 heterocycles. The topological polar surface area (TPSA) is 61.5 Å². The molecule has 0 aliphatic carbocycles. The van der Waals surface area contributed by atoms with Crippen LogP contribution in [0.3, 0.4) is 0 Å². The van der Waals surface area contributed by atoms with Crippen LogP contribution in [0.5, 0.6) is 0 Å². The first-order chi connectivity index (χ1) is 8.04. The maximum absolute atomic E-state index is 11.0. The Balaban J connectivity index is 2.37. The molecule has 0 radical (unpaired) electrons. The van der Waals surface area contributed by atoms with Crippen LogP contribution < -0.4 is 5.73 Å². The lowest BCUT2D eigenvalue weighted by molar-refractivity contribution is -0.148. The number of rotatable bonds is 6. The molecule has 17 heavy (non-hydrogen) atoms. The zero-order valence-corrected chi connectivity index (χ0v) is 12.3. The SMILES string of the molecule is CCOC(=O)COCC(N)c1cc(Br)sc1C. The fourth-order valence-corrected chi connectivity index (χ4v) is 3.17. The molecule has 0 aromatic carbocycles. The van der Waals surface area contributed by atoms with Crippen molar-refractivity contribution in [2.45, 2.75) is 19.9 Å². The summed E-state index contributed by atoms with van der Waals surface area (Å²) in [7, 11) is 0. The zero-order chi connectivity index (χ0) is 12.8. The first-order valence-electron chi connectivity index (χ1n) is 5.29. The van der Waals surface area contributed by atoms with Gasteiger partial charge in [-0.2, -0.15) is 0 Å². The number of hydrogen-bond donors (Lipinski definition) is 1. The highest BCUT2D eigenvalue weighted by Gasteiger charge is 2.13. The van der Waals surface area contributed by atoms with Crippen LogP contribution in [-0.4, -0.2) is 25.8 Å². The van der Waals surface area contributed by atoms with Gasteiger partial charge in [0.25, 0.3) is 0 Å². The number of carbonyl (C=O) groups is 1. The summed E-state index contributed by atoms with van der Waals surface area (Å²) in [5.41, 5.74) is 7.03. The monoisotopic (exact) mass is 321 g/mol. The molecule has 0 aliphatic heterocycles. The van der Waals surface area contributed by atoms with Crippen LogP contribution in [0.2, 0.25) is 0 Å². The molecule has 1 rings (SSSR count). The van der Waals surface area contributed by atoms with Crippen LogP contribution in [0.25, 0.3) is 0 Å². The maximum Gasteiger partial charge on any atom is 0.332 e. The van der Waals surface area contributed by atoms with Crippen molar-refractivity contribution in [2.75, 3.05) is 19.8 Å². The molecular formula is C11H16BrNO3S. The van der Waals surface area contributed by atoms with Crippen molar-refractivity contribution in [1.29, 1.82) is 0 Å². The van der Waals surface area contributed by atoms with E-state index in [1.165, 1.54) is 0 Å². The van der Waals surface area contributed by atoms with E-state index in [1.807, 2.05) is 13.0 Å². The average molecular weight is 322 g/mol. The smallest absolute Gasteiger partial charge is 0.332 e. The van der Waals surface area contributed by atoms with Crippen LogP contribution in [0.4, 0.5) is 0 Å². The van der Waals surface area contributed by atoms with Gasteiger partial charge in [0.05, 0.1) is 23.0 Å². The van der Waals surface area contributed by atoms with Gasteiger partial charge in [0.1, 0.15) is 6.61 Å². The largest absolute Gasteiger partial charge is 0.464 e. The molecule has 4 nitrogen and oxygen atoms in total. The third-order valence-electron chi connectivity index (χ3n) is 2.15. The van der Waals surface area contributed by atoms with E-state index in [1.54, 1.807) is 18.3 Å². The lowest BCUT2D eigenvalue weighted by Gasteiger charge is -2.11. The molecule has 2 N–H and O–H groups in total. The zero-order valence-electron chi connectivity index (χ0n) is 9.86. The van der Waals surface area contributed by atoms with Crippen molar-refractivity contribution in [1.82, 2.24) is 0 Å². The first kappa shape index (κ1) is 14.6. The van der Waals surface area contributed by atoms with Crippen LogP contribution in [0.15, 0.2) is 9.85 Å². The summed E-state index contributed by atoms with van der Waals surface area (Å²) in [6.45, 7) is 4.39. The summed E-state index contributed by atoms with van der Waals surface area (Å²) in [6, 6.07) is 1.77. The van der Waals surface area contributed by atoms with Gasteiger partial charge in [0, 0.05) is 4.88 Å². The van der Waals surface area contributed by atoms with E-state index in [2.05, 4.69) is 15.9 Å². The van der Waals surface area contributed by atoms with Gasteiger partial charge in [0.2, 0.25) is 0 Å². The fraction of sp³-hybridized carbons (Fsp3) is 0.545. The second kappa shape index (κ2) is 7.10. The first-order valence-corrected chi connectivity index (χ1v) is 6.90. The van der Waals surface area contributed by atoms with Crippen molar-refractivity contribution in [2.24, 2.45) is 5.73 Å². The molecule has 1 aromatic heterocycles. The van der Waals surface area contributed by atoms with Gasteiger partial charge < -0.3 is 15.2 Å². The maximum atomic E-state index is 11.0. The molecular weight excluding hydrogens is 306 g/mol. The van der Waals surface area contributed by atoms with E-state index in [0.29, 0.717) is 13.2 Å². The van der Waals surface area contributed by atoms with Crippen LogP contribution in [0, 0.1) is 6.92 Å². The van der Waals surface area contributed by atoms with Gasteiger partial charge in [-0.25, -0.2) is 4.79 Å². The number of hydrogen-bond acceptors (Lipinski definition) is 5. The van der Waals surface area contributed by atoms with Crippen LogP contribution in [0.1, 0.15) is 23.4 Å². The third kappa shape index (κ3) is 4.75. The van der Waals surface area contributed by atoms with Crippen molar-refractivity contribution in [3.63, 3.8) is 0 Å². The predicted octanol–water partition coefficient (Wildman–Crippen LogP) is 2.40. The normalized spacial score (nSPS) is 12.5. The van der Waals surface area contributed by atoms with E-state index in [-0.39, 0.29) is 18.6 Å². The van der Waals surface area contributed by atoms with Gasteiger partial charge in [-0.3, -0.25) is 0 Å². The number of esters is 1. The third-order valence-corrected chi connectivity index (χ3v) is 3.72. The van der Waals surface area contributed by atoms with Crippen molar-refractivity contribution < 1.29 is 14.3 Å². The highest BCUT2D eigenvalue weighted by molar-refractivity contribution is 9.11. The number of nitrogens with two attached hydrogens (primary N) is 1. The van der Waals surface area contributed by atoms with Crippen LogP contribution >= 0.6 is 27.3 Å². The number of thiophene rings is 1. The lowest BCUT2D eigenvalue weighted by Crippen LogP contribution is -2.21. The van der Waals surface area contributed by atoms with Gasteiger partial charge in [0.15, 0.2) is 0 Å². The average Bonchev–Trinajstić information content (AvgIpc) is 2.58. The molecule has 0 saturated heterocycles. The minimum absolute atomic E-state index is 0.0497. The number of carbonyl (C=O) groups excluding carboxylic acids is 1. The van der Waals surface area contributed by atoms with Crippen LogP contribution in [-0.2, 0) is 14.3 Å². The summed E-state index contributed by atoms with van der Waals surface area (Å²) in [4.78, 5) is 12.2. The van der Waals surface area contributed by atoms with E-state index < -0.39 is 0 Å². The highest BCUT2D eigenvalue weighted by Crippen LogP contribution is 2.29. The molecule has 1 atom stereocenters. The van der Waals surface area contributed by atoms with Gasteiger partial charge in [-0.1, -0.05) is 0 Å². The summed E-state index contributed by atoms with van der Waals surface area (Å²) in [5.74, 6) is -0.358. The molecule has 1 aromatic rings. The van der Waals surface area contributed by atoms with E-state index in [0.717, 1.165) is 14.2 Å². The molecule has 0 amide bonds. The van der Waals surface area contributed by atoms with Crippen molar-refractivity contribution >= 4 is 33.2 Å². The molecule has 1 unspecified atom stereocenters. The minimum Gasteiger partial charge on any atom is -0.464 e. The van der Waals surface area contributed by atoms with E-state index in [4.69, 9.17) is 15.2 Å². The van der Waals surface area contributed by atoms with Crippen molar-refractivity contribution in [3.05, 3.63) is 20.3 Å². The van der Waals surface area contributed by atoms with Gasteiger partial charge in [-0.05, 0) is 41.4 Å². The van der Waals surface area contributed by atoms with Gasteiger partial charge in [-0.15, -0.1) is 11.3 Å². The second-order valence-electron chi connectivity index (χ2n) is 3.49. The van der Waals surface area contributed by atoms with Gasteiger partial charge >= 0.3 is 5.97 Å². The molecule has 0 saturated carbocycles. The molecule has 0 bridgehead atoms.